The number of thiophene rings is 1. The second-order valence-corrected chi connectivity index (χ2v) is 8.15. The normalized spacial score (nSPS) is 11.9. The van der Waals surface area contributed by atoms with Gasteiger partial charge in [0.25, 0.3) is 5.91 Å². The molecule has 0 N–H and O–H groups in total. The highest BCUT2D eigenvalue weighted by molar-refractivity contribution is 9.11. The van der Waals surface area contributed by atoms with E-state index in [1.165, 1.54) is 30.6 Å². The van der Waals surface area contributed by atoms with Crippen LogP contribution < -0.4 is 4.80 Å². The number of thiazole rings is 1. The summed E-state index contributed by atoms with van der Waals surface area (Å²) in [5, 5.41) is 0. The van der Waals surface area contributed by atoms with Crippen LogP contribution in [0.5, 0.6) is 0 Å². The van der Waals surface area contributed by atoms with Crippen LogP contribution in [-0.4, -0.2) is 23.6 Å². The maximum absolute atomic E-state index is 13.4. The fraction of sp³-hybridized carbons (Fsp3) is 0.133. The molecule has 0 radical (unpaired) electrons. The van der Waals surface area contributed by atoms with Gasteiger partial charge in [-0.25, -0.2) is 4.39 Å². The first-order valence-electron chi connectivity index (χ1n) is 6.68. The van der Waals surface area contributed by atoms with Gasteiger partial charge in [0.05, 0.1) is 26.0 Å². The van der Waals surface area contributed by atoms with Crippen molar-refractivity contribution < 1.29 is 18.7 Å². The molecule has 0 bridgehead atoms. The molecule has 3 aromatic rings. The van der Waals surface area contributed by atoms with E-state index >= 15 is 0 Å². The molecule has 5 nitrogen and oxygen atoms in total. The number of carbonyl (C=O) groups excluding carboxylic acids is 2. The SMILES string of the molecule is COC(=O)Cn1c(=NC(=O)c2ccc(Br)s2)sc2cc(F)ccc21. The number of benzene rings is 1. The van der Waals surface area contributed by atoms with Crippen molar-refractivity contribution in [2.75, 3.05) is 7.11 Å². The predicted octanol–water partition coefficient (Wildman–Crippen LogP) is 3.58. The van der Waals surface area contributed by atoms with Crippen molar-refractivity contribution in [1.82, 2.24) is 4.57 Å². The standard InChI is InChI=1S/C15H10BrFN2O3S2/c1-22-13(20)7-19-9-3-2-8(17)6-11(9)24-15(19)18-14(21)10-4-5-12(16)23-10/h2-6H,7H2,1H3. The molecule has 1 amide bonds. The number of methoxy groups -OCH3 is 1. The van der Waals surface area contributed by atoms with E-state index < -0.39 is 17.7 Å². The van der Waals surface area contributed by atoms with Gasteiger partial charge in [0, 0.05) is 0 Å². The van der Waals surface area contributed by atoms with Crippen LogP contribution in [0.2, 0.25) is 0 Å². The zero-order valence-corrected chi connectivity index (χ0v) is 15.5. The van der Waals surface area contributed by atoms with Crippen LogP contribution in [0.3, 0.4) is 0 Å². The lowest BCUT2D eigenvalue weighted by molar-refractivity contribution is -0.141. The van der Waals surface area contributed by atoms with Crippen LogP contribution in [0.4, 0.5) is 4.39 Å². The van der Waals surface area contributed by atoms with Gasteiger partial charge in [-0.05, 0) is 46.3 Å². The van der Waals surface area contributed by atoms with Crippen LogP contribution in [0.25, 0.3) is 10.2 Å². The monoisotopic (exact) mass is 428 g/mol. The number of hydrogen-bond donors (Lipinski definition) is 0. The minimum atomic E-state index is -0.480. The third-order valence-corrected chi connectivity index (χ3v) is 5.79. The molecule has 2 heterocycles. The molecule has 9 heteroatoms. The van der Waals surface area contributed by atoms with Crippen LogP contribution in [0, 0.1) is 5.82 Å². The molecule has 0 aliphatic carbocycles. The first kappa shape index (κ1) is 17.0. The van der Waals surface area contributed by atoms with Crippen LogP contribution in [0.1, 0.15) is 9.67 Å². The summed E-state index contributed by atoms with van der Waals surface area (Å²) < 4.78 is 21.1. The predicted molar refractivity (Wildman–Crippen MR) is 93.7 cm³/mol. The second-order valence-electron chi connectivity index (χ2n) is 4.68. The molecule has 0 fully saturated rings. The molecule has 1 aromatic carbocycles. The van der Waals surface area contributed by atoms with Gasteiger partial charge in [0.15, 0.2) is 4.80 Å². The number of carbonyl (C=O) groups is 2. The number of halogens is 2. The highest BCUT2D eigenvalue weighted by Gasteiger charge is 2.13. The number of amides is 1. The van der Waals surface area contributed by atoms with E-state index in [0.29, 0.717) is 19.9 Å². The van der Waals surface area contributed by atoms with E-state index in [1.54, 1.807) is 22.8 Å². The van der Waals surface area contributed by atoms with Crippen LogP contribution in [0.15, 0.2) is 39.1 Å². The van der Waals surface area contributed by atoms with E-state index in [0.717, 1.165) is 15.1 Å². The van der Waals surface area contributed by atoms with Gasteiger partial charge in [-0.15, -0.1) is 11.3 Å². The summed E-state index contributed by atoms with van der Waals surface area (Å²) in [5.41, 5.74) is 0.616. The van der Waals surface area contributed by atoms with Crippen molar-refractivity contribution in [3.8, 4) is 0 Å². The largest absolute Gasteiger partial charge is 0.468 e. The zero-order chi connectivity index (χ0) is 17.3. The molecular formula is C15H10BrFN2O3S2. The van der Waals surface area contributed by atoms with Crippen molar-refractivity contribution in [3.63, 3.8) is 0 Å². The van der Waals surface area contributed by atoms with E-state index in [-0.39, 0.29) is 6.54 Å². The molecule has 0 unspecified atom stereocenters. The van der Waals surface area contributed by atoms with E-state index in [4.69, 9.17) is 0 Å². The molecule has 2 aromatic heterocycles. The molecule has 0 atom stereocenters. The summed E-state index contributed by atoms with van der Waals surface area (Å²) in [5.74, 6) is -1.29. The lowest BCUT2D eigenvalue weighted by atomic mass is 10.3. The number of hydrogen-bond acceptors (Lipinski definition) is 5. The smallest absolute Gasteiger partial charge is 0.325 e. The maximum Gasteiger partial charge on any atom is 0.325 e. The van der Waals surface area contributed by atoms with Gasteiger partial charge in [-0.3, -0.25) is 9.59 Å². The molecule has 0 saturated heterocycles. The third kappa shape index (κ3) is 3.47. The lowest BCUT2D eigenvalue weighted by Gasteiger charge is -2.03. The number of rotatable bonds is 3. The molecular weight excluding hydrogens is 419 g/mol. The van der Waals surface area contributed by atoms with E-state index in [1.807, 2.05) is 0 Å². The number of fused-ring (bicyclic) bond motifs is 1. The highest BCUT2D eigenvalue weighted by Crippen LogP contribution is 2.23. The summed E-state index contributed by atoms with van der Waals surface area (Å²) in [6.45, 7) is -0.109. The Hall–Kier alpha value is -1.84. The van der Waals surface area contributed by atoms with Crippen molar-refractivity contribution in [3.05, 3.63) is 49.6 Å². The van der Waals surface area contributed by atoms with Gasteiger partial charge in [-0.1, -0.05) is 11.3 Å². The molecule has 24 heavy (non-hydrogen) atoms. The summed E-state index contributed by atoms with van der Waals surface area (Å²) in [7, 11) is 1.28. The Bertz CT molecular complexity index is 1010. The summed E-state index contributed by atoms with van der Waals surface area (Å²) >= 11 is 5.70. The van der Waals surface area contributed by atoms with Gasteiger partial charge >= 0.3 is 5.97 Å². The summed E-state index contributed by atoms with van der Waals surface area (Å²) in [6.07, 6.45) is 0. The van der Waals surface area contributed by atoms with Crippen LogP contribution >= 0.6 is 38.6 Å². The first-order valence-corrected chi connectivity index (χ1v) is 9.10. The topological polar surface area (TPSA) is 60.7 Å². The Kier molecular flexibility index (Phi) is 4.93. The average Bonchev–Trinajstić information content (AvgIpc) is 3.11. The maximum atomic E-state index is 13.4. The molecule has 0 aliphatic heterocycles. The minimum Gasteiger partial charge on any atom is -0.468 e. The Morgan fingerprint density at radius 3 is 2.75 bits per heavy atom. The number of esters is 1. The van der Waals surface area contributed by atoms with Gasteiger partial charge in [-0.2, -0.15) is 4.99 Å². The molecule has 124 valence electrons. The lowest BCUT2D eigenvalue weighted by Crippen LogP contribution is -2.22. The zero-order valence-electron chi connectivity index (χ0n) is 12.3. The third-order valence-electron chi connectivity index (χ3n) is 3.14. The Balaban J connectivity index is 2.14. The van der Waals surface area contributed by atoms with Crippen molar-refractivity contribution in [2.45, 2.75) is 6.54 Å². The van der Waals surface area contributed by atoms with E-state index in [2.05, 4.69) is 25.7 Å². The summed E-state index contributed by atoms with van der Waals surface area (Å²) in [4.78, 5) is 28.8. The highest BCUT2D eigenvalue weighted by atomic mass is 79.9. The molecule has 0 saturated carbocycles. The quantitative estimate of drug-likeness (QED) is 0.598. The van der Waals surface area contributed by atoms with Gasteiger partial charge < -0.3 is 9.30 Å². The Morgan fingerprint density at radius 1 is 1.29 bits per heavy atom. The Labute approximate surface area is 152 Å². The number of nitrogens with zero attached hydrogens (tertiary/aromatic N) is 2. The van der Waals surface area contributed by atoms with E-state index in [9.17, 15) is 14.0 Å². The van der Waals surface area contributed by atoms with Gasteiger partial charge in [0.1, 0.15) is 12.4 Å². The molecule has 3 rings (SSSR count). The van der Waals surface area contributed by atoms with Crippen molar-refractivity contribution in [1.29, 1.82) is 0 Å². The Morgan fingerprint density at radius 2 is 2.08 bits per heavy atom. The van der Waals surface area contributed by atoms with Crippen molar-refractivity contribution >= 4 is 60.7 Å². The second kappa shape index (κ2) is 6.96. The summed E-state index contributed by atoms with van der Waals surface area (Å²) in [6, 6.07) is 7.62. The van der Waals surface area contributed by atoms with Crippen LogP contribution in [-0.2, 0) is 16.1 Å². The van der Waals surface area contributed by atoms with Gasteiger partial charge in [0.2, 0.25) is 0 Å². The number of aromatic nitrogens is 1. The van der Waals surface area contributed by atoms with Crippen molar-refractivity contribution in [2.24, 2.45) is 4.99 Å². The fourth-order valence-electron chi connectivity index (χ4n) is 2.05. The number of ether oxygens (including phenoxy) is 1. The fourth-order valence-corrected chi connectivity index (χ4v) is 4.37. The minimum absolute atomic E-state index is 0.109. The first-order chi connectivity index (χ1) is 11.5. The molecule has 0 spiro atoms. The molecule has 0 aliphatic rings. The average molecular weight is 429 g/mol.